The van der Waals surface area contributed by atoms with Crippen LogP contribution in [0.5, 0.6) is 11.5 Å². The maximum Gasteiger partial charge on any atom is 0.508 e. The number of esters is 3. The Bertz CT molecular complexity index is 808. The van der Waals surface area contributed by atoms with E-state index in [-0.39, 0.29) is 37.1 Å². The molecular weight excluding hydrogens is 410 g/mol. The maximum atomic E-state index is 12.3. The fraction of sp³-hybridized carbons (Fsp3) is 0.524. The monoisotopic (exact) mass is 439 g/mol. The van der Waals surface area contributed by atoms with E-state index < -0.39 is 29.6 Å². The Morgan fingerprint density at radius 1 is 1.06 bits per heavy atom. The van der Waals surface area contributed by atoms with E-state index in [1.165, 1.54) is 33.1 Å². The second kappa shape index (κ2) is 11.9. The standard InChI is InChI=1S/C21H29NO9/c1-6-13(2)29-20(26)28-10-9-21(22,19(25)27-5)12-16-7-8-17(30-14(3)23)18(11-16)31-15(4)24/h7-8,11,13H,6,9-10,12,22H2,1-5H3/t13-,21+/m0/s1. The molecule has 0 amide bonds. The topological polar surface area (TPSA) is 140 Å². The van der Waals surface area contributed by atoms with Gasteiger partial charge in [0.25, 0.3) is 0 Å². The number of hydrogen-bond acceptors (Lipinski definition) is 10. The first-order valence-electron chi connectivity index (χ1n) is 9.71. The highest BCUT2D eigenvalue weighted by molar-refractivity contribution is 5.81. The summed E-state index contributed by atoms with van der Waals surface area (Å²) in [5.41, 5.74) is 5.23. The van der Waals surface area contributed by atoms with Crippen LogP contribution in [-0.2, 0) is 35.0 Å². The molecule has 0 aliphatic carbocycles. The van der Waals surface area contributed by atoms with Gasteiger partial charge in [0.15, 0.2) is 11.5 Å². The van der Waals surface area contributed by atoms with Crippen molar-refractivity contribution in [2.24, 2.45) is 5.73 Å². The lowest BCUT2D eigenvalue weighted by atomic mass is 9.88. The zero-order chi connectivity index (χ0) is 23.6. The molecule has 10 nitrogen and oxygen atoms in total. The van der Waals surface area contributed by atoms with Crippen LogP contribution in [0.15, 0.2) is 18.2 Å². The van der Waals surface area contributed by atoms with Crippen molar-refractivity contribution in [3.63, 3.8) is 0 Å². The van der Waals surface area contributed by atoms with E-state index in [0.717, 1.165) is 0 Å². The smallest absolute Gasteiger partial charge is 0.468 e. The van der Waals surface area contributed by atoms with Gasteiger partial charge in [0.2, 0.25) is 0 Å². The molecule has 0 heterocycles. The van der Waals surface area contributed by atoms with Gasteiger partial charge in [-0.05, 0) is 31.0 Å². The van der Waals surface area contributed by atoms with Gasteiger partial charge in [0.05, 0.1) is 13.7 Å². The summed E-state index contributed by atoms with van der Waals surface area (Å²) < 4.78 is 24.9. The number of methoxy groups -OCH3 is 1. The largest absolute Gasteiger partial charge is 0.508 e. The molecule has 0 saturated carbocycles. The van der Waals surface area contributed by atoms with Crippen LogP contribution < -0.4 is 15.2 Å². The van der Waals surface area contributed by atoms with Gasteiger partial charge in [-0.15, -0.1) is 0 Å². The summed E-state index contributed by atoms with van der Waals surface area (Å²) in [6, 6.07) is 4.42. The van der Waals surface area contributed by atoms with Gasteiger partial charge in [-0.25, -0.2) is 4.79 Å². The molecule has 0 unspecified atom stereocenters. The second-order valence-electron chi connectivity index (χ2n) is 6.98. The predicted octanol–water partition coefficient (Wildman–Crippen LogP) is 2.29. The minimum atomic E-state index is -1.54. The molecule has 1 rings (SSSR count). The number of hydrogen-bond donors (Lipinski definition) is 1. The Labute approximate surface area is 180 Å². The Morgan fingerprint density at radius 3 is 2.23 bits per heavy atom. The van der Waals surface area contributed by atoms with E-state index in [4.69, 9.17) is 29.4 Å². The molecule has 172 valence electrons. The number of nitrogens with two attached hydrogens (primary N) is 1. The van der Waals surface area contributed by atoms with Crippen molar-refractivity contribution in [1.82, 2.24) is 0 Å². The molecule has 0 aliphatic heterocycles. The van der Waals surface area contributed by atoms with Crippen molar-refractivity contribution in [1.29, 1.82) is 0 Å². The Morgan fingerprint density at radius 2 is 1.68 bits per heavy atom. The lowest BCUT2D eigenvalue weighted by Gasteiger charge is -2.26. The highest BCUT2D eigenvalue weighted by atomic mass is 16.7. The lowest BCUT2D eigenvalue weighted by Crippen LogP contribution is -2.51. The third kappa shape index (κ3) is 8.63. The predicted molar refractivity (Wildman–Crippen MR) is 109 cm³/mol. The first-order valence-corrected chi connectivity index (χ1v) is 9.71. The van der Waals surface area contributed by atoms with Crippen molar-refractivity contribution < 1.29 is 42.9 Å². The normalized spacial score (nSPS) is 13.4. The number of carbonyl (C=O) groups excluding carboxylic acids is 4. The van der Waals surface area contributed by atoms with Gasteiger partial charge in [-0.3, -0.25) is 14.4 Å². The third-order valence-corrected chi connectivity index (χ3v) is 4.27. The summed E-state index contributed by atoms with van der Waals surface area (Å²) in [5.74, 6) is -1.88. The molecule has 0 spiro atoms. The third-order valence-electron chi connectivity index (χ3n) is 4.27. The molecule has 2 atom stereocenters. The summed E-state index contributed by atoms with van der Waals surface area (Å²) in [5, 5.41) is 0. The molecule has 1 aromatic carbocycles. The van der Waals surface area contributed by atoms with Crippen LogP contribution >= 0.6 is 0 Å². The molecular formula is C21H29NO9. The van der Waals surface area contributed by atoms with Gasteiger partial charge in [-0.2, -0.15) is 0 Å². The first kappa shape index (κ1) is 25.9. The van der Waals surface area contributed by atoms with Crippen LogP contribution in [0.2, 0.25) is 0 Å². The number of carbonyl (C=O) groups is 4. The van der Waals surface area contributed by atoms with Crippen molar-refractivity contribution in [3.05, 3.63) is 23.8 Å². The fourth-order valence-corrected chi connectivity index (χ4v) is 2.56. The summed E-state index contributed by atoms with van der Waals surface area (Å²) in [7, 11) is 1.19. The Balaban J connectivity index is 2.99. The molecule has 0 fully saturated rings. The second-order valence-corrected chi connectivity index (χ2v) is 6.98. The lowest BCUT2D eigenvalue weighted by molar-refractivity contribution is -0.148. The van der Waals surface area contributed by atoms with E-state index in [9.17, 15) is 19.2 Å². The number of benzene rings is 1. The summed E-state index contributed by atoms with van der Waals surface area (Å²) in [6.45, 7) is 5.81. The molecule has 31 heavy (non-hydrogen) atoms. The Kier molecular flexibility index (Phi) is 9.94. The zero-order valence-corrected chi connectivity index (χ0v) is 18.4. The average molecular weight is 439 g/mol. The van der Waals surface area contributed by atoms with Crippen molar-refractivity contribution >= 4 is 24.1 Å². The quantitative estimate of drug-likeness (QED) is 0.426. The van der Waals surface area contributed by atoms with Crippen LogP contribution in [0.25, 0.3) is 0 Å². The molecule has 0 radical (unpaired) electrons. The van der Waals surface area contributed by atoms with E-state index >= 15 is 0 Å². The van der Waals surface area contributed by atoms with E-state index in [2.05, 4.69) is 0 Å². The van der Waals surface area contributed by atoms with Crippen LogP contribution in [0, 0.1) is 0 Å². The van der Waals surface area contributed by atoms with Crippen molar-refractivity contribution in [2.75, 3.05) is 13.7 Å². The van der Waals surface area contributed by atoms with E-state index in [1.54, 1.807) is 13.0 Å². The molecule has 0 aliphatic rings. The summed E-state index contributed by atoms with van der Waals surface area (Å²) >= 11 is 0. The molecule has 1 aromatic rings. The fourth-order valence-electron chi connectivity index (χ4n) is 2.56. The minimum Gasteiger partial charge on any atom is -0.468 e. The van der Waals surface area contributed by atoms with Gasteiger partial charge in [0, 0.05) is 26.7 Å². The van der Waals surface area contributed by atoms with Gasteiger partial charge in [0.1, 0.15) is 11.6 Å². The van der Waals surface area contributed by atoms with Gasteiger partial charge in [-0.1, -0.05) is 13.0 Å². The summed E-state index contributed by atoms with van der Waals surface area (Å²) in [4.78, 5) is 46.7. The van der Waals surface area contributed by atoms with E-state index in [1.807, 2.05) is 6.92 Å². The molecule has 2 N–H and O–H groups in total. The highest BCUT2D eigenvalue weighted by Crippen LogP contribution is 2.30. The maximum absolute atomic E-state index is 12.3. The average Bonchev–Trinajstić information content (AvgIpc) is 2.68. The number of rotatable bonds is 10. The van der Waals surface area contributed by atoms with Crippen LogP contribution in [0.4, 0.5) is 4.79 Å². The number of ether oxygens (including phenoxy) is 5. The molecule has 10 heteroatoms. The Hall–Kier alpha value is -3.14. The zero-order valence-electron chi connectivity index (χ0n) is 18.4. The van der Waals surface area contributed by atoms with Gasteiger partial charge < -0.3 is 29.4 Å². The van der Waals surface area contributed by atoms with Crippen molar-refractivity contribution in [3.8, 4) is 11.5 Å². The van der Waals surface area contributed by atoms with Gasteiger partial charge >= 0.3 is 24.1 Å². The minimum absolute atomic E-state index is 0.000738. The van der Waals surface area contributed by atoms with Crippen LogP contribution in [-0.4, -0.2) is 49.4 Å². The van der Waals surface area contributed by atoms with Crippen molar-refractivity contribution in [2.45, 2.75) is 58.6 Å². The van der Waals surface area contributed by atoms with Crippen LogP contribution in [0.3, 0.4) is 0 Å². The van der Waals surface area contributed by atoms with E-state index in [0.29, 0.717) is 12.0 Å². The summed E-state index contributed by atoms with van der Waals surface area (Å²) in [6.07, 6.45) is -0.607. The SMILES string of the molecule is CC[C@H](C)OC(=O)OCC[C@@](N)(Cc1ccc(OC(C)=O)c(OC(C)=O)c1)C(=O)OC. The highest BCUT2D eigenvalue weighted by Gasteiger charge is 2.36. The molecule has 0 bridgehead atoms. The van der Waals surface area contributed by atoms with Crippen LogP contribution in [0.1, 0.15) is 46.1 Å². The molecule has 0 saturated heterocycles. The first-order chi connectivity index (χ1) is 14.5. The molecule has 0 aromatic heterocycles.